The molecule has 0 aliphatic heterocycles. The summed E-state index contributed by atoms with van der Waals surface area (Å²) in [6.07, 6.45) is 22.0. The Morgan fingerprint density at radius 3 is 2.28 bits per heavy atom. The molecule has 4 atom stereocenters. The molecule has 0 radical (unpaired) electrons. The van der Waals surface area contributed by atoms with Crippen LogP contribution in [0.1, 0.15) is 106 Å². The zero-order chi connectivity index (χ0) is 24.2. The molecule has 1 N–H and O–H groups in total. The highest BCUT2D eigenvalue weighted by Gasteiger charge is 2.38. The van der Waals surface area contributed by atoms with Crippen molar-refractivity contribution in [3.63, 3.8) is 0 Å². The van der Waals surface area contributed by atoms with Gasteiger partial charge >= 0.3 is 0 Å². The summed E-state index contributed by atoms with van der Waals surface area (Å²) in [5.41, 5.74) is 0. The first-order chi connectivity index (χ1) is 15.0. The zero-order valence-electron chi connectivity index (χ0n) is 22.8. The monoisotopic (exact) mass is 464 g/mol. The van der Waals surface area contributed by atoms with E-state index in [2.05, 4.69) is 78.9 Å². The van der Waals surface area contributed by atoms with E-state index in [0.717, 1.165) is 24.7 Å². The Bertz CT molecular complexity index is 542. The van der Waals surface area contributed by atoms with Gasteiger partial charge in [-0.2, -0.15) is 0 Å². The molecule has 0 aromatic rings. The van der Waals surface area contributed by atoms with Crippen molar-refractivity contribution in [3.05, 3.63) is 24.3 Å². The zero-order valence-corrected chi connectivity index (χ0v) is 23.8. The highest BCUT2D eigenvalue weighted by atomic mass is 28.4. The van der Waals surface area contributed by atoms with E-state index in [1.165, 1.54) is 51.4 Å². The first-order valence-corrected chi connectivity index (χ1v) is 16.5. The highest BCUT2D eigenvalue weighted by molar-refractivity contribution is 6.74. The number of aliphatic hydroxyl groups excluding tert-OH is 1. The fourth-order valence-corrected chi connectivity index (χ4v) is 5.93. The molecule has 1 fully saturated rings. The fourth-order valence-electron chi connectivity index (χ4n) is 4.63. The molecule has 0 aromatic heterocycles. The standard InChI is InChI=1S/C29H56O2Si/c1-24(2)14-13-15-25(3)20-21-28(31-32(7,8)29(4,5)6)19-12-11-17-26-16-9-10-18-27(26)22-23-30/h11-12,17,19,24-28,30H,9-10,13-16,18,20-23H2,1-8H3/b17-11+,19-12+/t25?,26-,27+,28-/m0/s1. The highest BCUT2D eigenvalue weighted by Crippen LogP contribution is 2.38. The van der Waals surface area contributed by atoms with Crippen molar-refractivity contribution in [2.45, 2.75) is 130 Å². The van der Waals surface area contributed by atoms with Gasteiger partial charge in [-0.15, -0.1) is 0 Å². The first kappa shape index (κ1) is 29.6. The minimum Gasteiger partial charge on any atom is -0.411 e. The molecule has 0 saturated heterocycles. The molecule has 3 heteroatoms. The molecule has 188 valence electrons. The van der Waals surface area contributed by atoms with Crippen LogP contribution >= 0.6 is 0 Å². The summed E-state index contributed by atoms with van der Waals surface area (Å²) in [4.78, 5) is 0. The van der Waals surface area contributed by atoms with Gasteiger partial charge in [0.15, 0.2) is 8.32 Å². The van der Waals surface area contributed by atoms with E-state index in [4.69, 9.17) is 4.43 Å². The van der Waals surface area contributed by atoms with E-state index in [9.17, 15) is 5.11 Å². The molecule has 1 aliphatic rings. The van der Waals surface area contributed by atoms with Crippen molar-refractivity contribution in [2.24, 2.45) is 23.7 Å². The second-order valence-corrected chi connectivity index (χ2v) is 17.2. The van der Waals surface area contributed by atoms with Gasteiger partial charge in [0.05, 0.1) is 6.10 Å². The van der Waals surface area contributed by atoms with Crippen LogP contribution < -0.4 is 0 Å². The maximum absolute atomic E-state index is 9.39. The summed E-state index contributed by atoms with van der Waals surface area (Å²) in [6, 6.07) is 0. The second kappa shape index (κ2) is 14.8. The van der Waals surface area contributed by atoms with E-state index in [1.807, 2.05) is 0 Å². The Hall–Kier alpha value is -0.383. The minimum absolute atomic E-state index is 0.215. The third kappa shape index (κ3) is 11.7. The van der Waals surface area contributed by atoms with Crippen molar-refractivity contribution < 1.29 is 9.53 Å². The van der Waals surface area contributed by atoms with Gasteiger partial charge in [-0.25, -0.2) is 0 Å². The molecule has 0 bridgehead atoms. The molecule has 0 aromatic carbocycles. The van der Waals surface area contributed by atoms with Crippen molar-refractivity contribution in [2.75, 3.05) is 6.61 Å². The molecular weight excluding hydrogens is 408 g/mol. The average Bonchev–Trinajstić information content (AvgIpc) is 2.69. The Labute approximate surface area is 202 Å². The Kier molecular flexibility index (Phi) is 13.7. The van der Waals surface area contributed by atoms with Crippen molar-refractivity contribution in [1.29, 1.82) is 0 Å². The van der Waals surface area contributed by atoms with E-state index >= 15 is 0 Å². The van der Waals surface area contributed by atoms with Gasteiger partial charge in [-0.05, 0) is 73.9 Å². The van der Waals surface area contributed by atoms with Gasteiger partial charge in [-0.1, -0.05) is 98.0 Å². The lowest BCUT2D eigenvalue weighted by Gasteiger charge is -2.39. The third-order valence-electron chi connectivity index (χ3n) is 7.94. The maximum Gasteiger partial charge on any atom is 0.192 e. The van der Waals surface area contributed by atoms with Crippen LogP contribution in [-0.2, 0) is 4.43 Å². The maximum atomic E-state index is 9.39. The van der Waals surface area contributed by atoms with Gasteiger partial charge in [0.2, 0.25) is 0 Å². The Morgan fingerprint density at radius 1 is 0.969 bits per heavy atom. The SMILES string of the molecule is CC(C)CCCC(C)CC[C@H](/C=C/C=C/[C@@H]1CCCC[C@@H]1CCO)O[Si](C)(C)C(C)(C)C. The summed E-state index contributed by atoms with van der Waals surface area (Å²) in [6.45, 7) is 19.1. The van der Waals surface area contributed by atoms with Crippen LogP contribution in [0.25, 0.3) is 0 Å². The van der Waals surface area contributed by atoms with E-state index < -0.39 is 8.32 Å². The summed E-state index contributed by atoms with van der Waals surface area (Å²) in [5, 5.41) is 9.62. The molecule has 0 amide bonds. The van der Waals surface area contributed by atoms with E-state index in [0.29, 0.717) is 18.4 Å². The average molecular weight is 465 g/mol. The van der Waals surface area contributed by atoms with Crippen LogP contribution in [0.3, 0.4) is 0 Å². The predicted molar refractivity (Wildman–Crippen MR) is 145 cm³/mol. The van der Waals surface area contributed by atoms with Crippen molar-refractivity contribution in [3.8, 4) is 0 Å². The molecule has 32 heavy (non-hydrogen) atoms. The smallest absolute Gasteiger partial charge is 0.192 e. The van der Waals surface area contributed by atoms with Gasteiger partial charge in [0.25, 0.3) is 0 Å². The van der Waals surface area contributed by atoms with Crippen LogP contribution in [0.5, 0.6) is 0 Å². The normalized spacial score (nSPS) is 22.8. The largest absolute Gasteiger partial charge is 0.411 e. The topological polar surface area (TPSA) is 29.5 Å². The summed E-state index contributed by atoms with van der Waals surface area (Å²) in [5.74, 6) is 2.86. The van der Waals surface area contributed by atoms with Crippen LogP contribution in [0.4, 0.5) is 0 Å². The van der Waals surface area contributed by atoms with E-state index in [1.54, 1.807) is 0 Å². The molecule has 1 rings (SSSR count). The second-order valence-electron chi connectivity index (χ2n) is 12.4. The number of hydrogen-bond acceptors (Lipinski definition) is 2. The van der Waals surface area contributed by atoms with Crippen molar-refractivity contribution in [1.82, 2.24) is 0 Å². The summed E-state index contributed by atoms with van der Waals surface area (Å²) < 4.78 is 6.83. The predicted octanol–water partition coefficient (Wildman–Crippen LogP) is 8.92. The van der Waals surface area contributed by atoms with Gasteiger partial charge in [-0.3, -0.25) is 0 Å². The number of rotatable bonds is 14. The lowest BCUT2D eigenvalue weighted by atomic mass is 9.77. The van der Waals surface area contributed by atoms with Crippen LogP contribution in [0.15, 0.2) is 24.3 Å². The first-order valence-electron chi connectivity index (χ1n) is 13.6. The summed E-state index contributed by atoms with van der Waals surface area (Å²) in [7, 11) is -1.80. The molecule has 0 heterocycles. The molecular formula is C29H56O2Si. The van der Waals surface area contributed by atoms with E-state index in [-0.39, 0.29) is 11.1 Å². The van der Waals surface area contributed by atoms with Crippen LogP contribution in [-0.4, -0.2) is 26.1 Å². The van der Waals surface area contributed by atoms with Gasteiger partial charge < -0.3 is 9.53 Å². The van der Waals surface area contributed by atoms with Gasteiger partial charge in [0.1, 0.15) is 0 Å². The summed E-state index contributed by atoms with van der Waals surface area (Å²) >= 11 is 0. The molecule has 1 unspecified atom stereocenters. The number of aliphatic hydroxyl groups is 1. The quantitative estimate of drug-likeness (QED) is 0.205. The minimum atomic E-state index is -1.80. The Balaban J connectivity index is 2.72. The molecule has 1 aliphatic carbocycles. The number of allylic oxidation sites excluding steroid dienone is 3. The Morgan fingerprint density at radius 2 is 1.66 bits per heavy atom. The molecule has 1 saturated carbocycles. The molecule has 0 spiro atoms. The lowest BCUT2D eigenvalue weighted by Crippen LogP contribution is -2.43. The van der Waals surface area contributed by atoms with Crippen LogP contribution in [0.2, 0.25) is 18.1 Å². The van der Waals surface area contributed by atoms with Gasteiger partial charge in [0, 0.05) is 6.61 Å². The molecule has 2 nitrogen and oxygen atoms in total. The van der Waals surface area contributed by atoms with Crippen molar-refractivity contribution >= 4 is 8.32 Å². The lowest BCUT2D eigenvalue weighted by molar-refractivity contribution is 0.200. The number of hydrogen-bond donors (Lipinski definition) is 1. The van der Waals surface area contributed by atoms with Crippen LogP contribution in [0, 0.1) is 23.7 Å². The third-order valence-corrected chi connectivity index (χ3v) is 12.4. The fraction of sp³-hybridized carbons (Fsp3) is 0.862.